The van der Waals surface area contributed by atoms with Crippen LogP contribution in [0.25, 0.3) is 320 Å². The van der Waals surface area contributed by atoms with Gasteiger partial charge in [0.1, 0.15) is 44.7 Å². The summed E-state index contributed by atoms with van der Waals surface area (Å²) in [5.74, 6) is 0. The molecule has 0 aliphatic rings. The van der Waals surface area contributed by atoms with E-state index in [0.717, 1.165) is 71.6 Å². The van der Waals surface area contributed by atoms with Crippen molar-refractivity contribution >= 4 is 366 Å². The molecular formula is C128H68N4O4S4. The van der Waals surface area contributed by atoms with E-state index in [9.17, 15) is 0 Å². The van der Waals surface area contributed by atoms with E-state index in [-0.39, 0.29) is 0 Å². The molecule has 0 bridgehead atoms. The van der Waals surface area contributed by atoms with Crippen molar-refractivity contribution < 1.29 is 17.7 Å². The molecule has 36 aromatic rings. The lowest BCUT2D eigenvalue weighted by Crippen LogP contribution is -1.91. The third kappa shape index (κ3) is 10.4. The minimum Gasteiger partial charge on any atom is -0.456 e. The number of aromatic nitrogens is 4. The minimum absolute atomic E-state index is 0.930. The van der Waals surface area contributed by atoms with Crippen LogP contribution in [0.1, 0.15) is 0 Å². The van der Waals surface area contributed by atoms with E-state index in [0.29, 0.717) is 0 Å². The van der Waals surface area contributed by atoms with Gasteiger partial charge in [-0.1, -0.05) is 249 Å². The van der Waals surface area contributed by atoms with Gasteiger partial charge in [-0.3, -0.25) is 0 Å². The van der Waals surface area contributed by atoms with Gasteiger partial charge < -0.3 is 35.3 Å². The number of thiophene rings is 4. The van der Waals surface area contributed by atoms with Gasteiger partial charge in [0.05, 0.1) is 54.9 Å². The Kier molecular flexibility index (Phi) is 15.3. The smallest absolute Gasteiger partial charge is 0.145 e. The third-order valence-corrected chi connectivity index (χ3v) is 34.7. The lowest BCUT2D eigenvalue weighted by molar-refractivity contribution is 0.669. The summed E-state index contributed by atoms with van der Waals surface area (Å²) in [5, 5.41) is 45.3. The Morgan fingerprint density at radius 2 is 0.486 bits per heavy atom. The predicted octanol–water partition coefficient (Wildman–Crippen LogP) is 38.7. The summed E-state index contributed by atoms with van der Waals surface area (Å²) in [7, 11) is 0. The van der Waals surface area contributed by atoms with E-state index in [2.05, 4.69) is 406 Å². The van der Waals surface area contributed by atoms with Crippen LogP contribution in [0.4, 0.5) is 0 Å². The van der Waals surface area contributed by atoms with Gasteiger partial charge >= 0.3 is 0 Å². The van der Waals surface area contributed by atoms with Crippen molar-refractivity contribution in [3.63, 3.8) is 0 Å². The summed E-state index contributed by atoms with van der Waals surface area (Å²) in [4.78, 5) is 0. The van der Waals surface area contributed by atoms with Gasteiger partial charge in [0, 0.05) is 224 Å². The average molecular weight is 1850 g/mol. The van der Waals surface area contributed by atoms with Crippen LogP contribution in [-0.4, -0.2) is 17.6 Å². The van der Waals surface area contributed by atoms with Crippen molar-refractivity contribution in [3.05, 3.63) is 413 Å². The van der Waals surface area contributed by atoms with Crippen LogP contribution in [-0.2, 0) is 0 Å². The van der Waals surface area contributed by atoms with Gasteiger partial charge in [-0.15, -0.1) is 45.3 Å². The predicted molar refractivity (Wildman–Crippen MR) is 600 cm³/mol. The van der Waals surface area contributed by atoms with Crippen LogP contribution >= 0.6 is 45.3 Å². The molecule has 0 radical (unpaired) electrons. The number of hydrogen-bond donors (Lipinski definition) is 0. The number of fused-ring (bicyclic) bond motifs is 60. The summed E-state index contributed by atoms with van der Waals surface area (Å²) in [5.41, 5.74) is 17.4. The average Bonchev–Trinajstić information content (AvgIpc) is 1.53. The number of pyridine rings is 4. The van der Waals surface area contributed by atoms with E-state index < -0.39 is 0 Å². The number of para-hydroxylation sites is 4. The van der Waals surface area contributed by atoms with E-state index in [1.165, 1.54) is 249 Å². The molecule has 0 unspecified atom stereocenters. The number of furan rings is 4. The summed E-state index contributed by atoms with van der Waals surface area (Å²) < 4.78 is 45.7. The molecule has 0 aliphatic carbocycles. The minimum atomic E-state index is 0.930. The zero-order chi connectivity index (χ0) is 90.7. The molecule has 0 spiro atoms. The van der Waals surface area contributed by atoms with Crippen LogP contribution in [0.15, 0.2) is 431 Å². The lowest BCUT2D eigenvalue weighted by atomic mass is 9.97. The Labute approximate surface area is 807 Å². The molecule has 16 heterocycles. The van der Waals surface area contributed by atoms with Crippen LogP contribution in [0.5, 0.6) is 0 Å². The SMILES string of the molecule is c1ccc2c(c1)cn1c2c2cc3c(cc2c2ccc4oc5ccccc5c4c21)sc1ccccc13.c1ccc2c(c1)cn1c2c2cc3sc4ccccc4c3cc2c2ccc3oc4ccccc4c3c21.c1ccc2c(c1)cn1c3cc4c(cc3c3cc5c(cc3c21)sc1ccccc15)oc1ccccc14.c1ccc2c(c1)cn1c3ccc4c5ccccc5oc4c3c3ccc4sc5ccccc5c4c3c21. The maximum atomic E-state index is 6.57. The molecule has 12 heteroatoms. The molecule has 0 amide bonds. The summed E-state index contributed by atoms with van der Waals surface area (Å²) in [6, 6.07) is 140. The molecule has 8 nitrogen and oxygen atoms in total. The molecule has 0 saturated carbocycles. The molecular weight excluding hydrogens is 1790 g/mol. The van der Waals surface area contributed by atoms with Gasteiger partial charge in [0.15, 0.2) is 0 Å². The number of nitrogens with zero attached hydrogens (tertiary/aromatic N) is 4. The molecule has 20 aromatic carbocycles. The van der Waals surface area contributed by atoms with Gasteiger partial charge in [-0.05, 0) is 161 Å². The second kappa shape index (κ2) is 28.2. The van der Waals surface area contributed by atoms with Gasteiger partial charge in [0.25, 0.3) is 0 Å². The van der Waals surface area contributed by atoms with Gasteiger partial charge in [-0.2, -0.15) is 0 Å². The standard InChI is InChI=1S/4C32H17NOS/c1-2-8-19-18(7-1)17-33-31(19)25-15-24-20-9-4-6-12-28(20)35-29(24)16-23(25)21-13-14-27-30(32(21)33)22-10-3-5-11-26(22)34-27;1-2-8-19-18(7-1)17-33-31(19)25-16-29-24(20-9-4-6-12-28(20)35-29)15-23(25)21-13-14-27-30(32(21)33)22-10-3-5-11-26(22)34-27;1-2-8-19-18(7-1)17-33-27-14-24-20-9-3-5-11-28(20)34-29(24)15-23(27)22-13-25-21-10-4-6-12-30(21)35-31(25)16-26(22)32(19)33;1-2-8-19-18(7-1)17-33-24-15-13-21-20-9-3-5-11-25(20)34-32(21)28(24)23-14-16-27-29(30(23)31(19)33)22-10-4-6-12-26(22)35-27/h4*1-17H. The Balaban J connectivity index is 0.0000000829. The molecule has 0 aliphatic heterocycles. The van der Waals surface area contributed by atoms with Crippen molar-refractivity contribution in [2.75, 3.05) is 0 Å². The largest absolute Gasteiger partial charge is 0.456 e. The second-order valence-corrected chi connectivity index (χ2v) is 41.8. The molecule has 0 fully saturated rings. The first-order valence-electron chi connectivity index (χ1n) is 47.4. The molecule has 140 heavy (non-hydrogen) atoms. The number of benzene rings is 20. The molecule has 0 N–H and O–H groups in total. The molecule has 0 atom stereocenters. The number of hydrogen-bond acceptors (Lipinski definition) is 8. The Morgan fingerprint density at radius 1 is 0.143 bits per heavy atom. The second-order valence-electron chi connectivity index (χ2n) is 37.4. The highest BCUT2D eigenvalue weighted by Gasteiger charge is 2.27. The molecule has 36 rings (SSSR count). The van der Waals surface area contributed by atoms with Crippen molar-refractivity contribution in [3.8, 4) is 0 Å². The quantitative estimate of drug-likeness (QED) is 0.142. The first-order valence-corrected chi connectivity index (χ1v) is 50.7. The van der Waals surface area contributed by atoms with Crippen molar-refractivity contribution in [1.82, 2.24) is 17.6 Å². The normalized spacial score (nSPS) is 12.6. The maximum Gasteiger partial charge on any atom is 0.145 e. The molecule has 16 aromatic heterocycles. The van der Waals surface area contributed by atoms with Gasteiger partial charge in [0.2, 0.25) is 0 Å². The van der Waals surface area contributed by atoms with E-state index in [1.54, 1.807) is 0 Å². The van der Waals surface area contributed by atoms with Crippen molar-refractivity contribution in [2.45, 2.75) is 0 Å². The first kappa shape index (κ1) is 75.9. The monoisotopic (exact) mass is 1850 g/mol. The fourth-order valence-electron chi connectivity index (χ4n) is 24.2. The topological polar surface area (TPSA) is 70.2 Å². The van der Waals surface area contributed by atoms with Crippen molar-refractivity contribution in [2.24, 2.45) is 0 Å². The summed E-state index contributed by atoms with van der Waals surface area (Å²) in [6.07, 6.45) is 9.16. The Hall–Kier alpha value is -17.4. The third-order valence-electron chi connectivity index (χ3n) is 30.2. The zero-order valence-corrected chi connectivity index (χ0v) is 77.6. The van der Waals surface area contributed by atoms with E-state index in [4.69, 9.17) is 17.7 Å². The Bertz CT molecular complexity index is 12000. The summed E-state index contributed by atoms with van der Waals surface area (Å²) in [6.45, 7) is 0. The van der Waals surface area contributed by atoms with E-state index in [1.807, 2.05) is 69.6 Å². The summed E-state index contributed by atoms with van der Waals surface area (Å²) >= 11 is 7.51. The zero-order valence-electron chi connectivity index (χ0n) is 74.3. The fraction of sp³-hybridized carbons (Fsp3) is 0. The van der Waals surface area contributed by atoms with Gasteiger partial charge in [-0.25, -0.2) is 0 Å². The highest BCUT2D eigenvalue weighted by molar-refractivity contribution is 7.27. The maximum absolute atomic E-state index is 6.57. The molecule has 648 valence electrons. The van der Waals surface area contributed by atoms with Crippen LogP contribution in [0, 0.1) is 0 Å². The van der Waals surface area contributed by atoms with Crippen molar-refractivity contribution in [1.29, 1.82) is 0 Å². The van der Waals surface area contributed by atoms with Crippen LogP contribution in [0.3, 0.4) is 0 Å². The van der Waals surface area contributed by atoms with Crippen LogP contribution < -0.4 is 0 Å². The Morgan fingerprint density at radius 3 is 1.01 bits per heavy atom. The highest BCUT2D eigenvalue weighted by Crippen LogP contribution is 2.53. The van der Waals surface area contributed by atoms with E-state index >= 15 is 0 Å². The number of rotatable bonds is 0. The molecule has 0 saturated heterocycles. The highest BCUT2D eigenvalue weighted by atomic mass is 32.1. The fourth-order valence-corrected chi connectivity index (χ4v) is 28.7. The first-order chi connectivity index (χ1) is 69.4. The van der Waals surface area contributed by atoms with Crippen LogP contribution in [0.2, 0.25) is 0 Å². The lowest BCUT2D eigenvalue weighted by Gasteiger charge is -2.12.